The second-order valence-corrected chi connectivity index (χ2v) is 11.1. The lowest BCUT2D eigenvalue weighted by molar-refractivity contribution is 0.308. The van der Waals surface area contributed by atoms with E-state index < -0.39 is 20.0 Å². The number of sulfonamides is 2. The lowest BCUT2D eigenvalue weighted by Gasteiger charge is -2.31. The van der Waals surface area contributed by atoms with Crippen molar-refractivity contribution in [1.29, 1.82) is 0 Å². The van der Waals surface area contributed by atoms with Crippen molar-refractivity contribution in [3.05, 3.63) is 28.9 Å². The molecular formula is C15H22N4O4S3. The Morgan fingerprint density at radius 2 is 1.85 bits per heavy atom. The molecule has 0 unspecified atom stereocenters. The van der Waals surface area contributed by atoms with Crippen molar-refractivity contribution in [3.63, 3.8) is 0 Å². The molecule has 1 saturated heterocycles. The van der Waals surface area contributed by atoms with Crippen LogP contribution in [0, 0.1) is 13.8 Å². The number of aromatic nitrogens is 2. The van der Waals surface area contributed by atoms with Crippen molar-refractivity contribution in [3.8, 4) is 0 Å². The molecule has 2 aromatic heterocycles. The predicted octanol–water partition coefficient (Wildman–Crippen LogP) is 1.23. The normalized spacial score (nSPS) is 17.7. The number of aryl methyl sites for hydroxylation is 2. The molecular weight excluding hydrogens is 396 g/mol. The Kier molecular flexibility index (Phi) is 5.28. The maximum absolute atomic E-state index is 13.0. The monoisotopic (exact) mass is 418 g/mol. The Balaban J connectivity index is 1.70. The highest BCUT2D eigenvalue weighted by molar-refractivity contribution is 7.91. The van der Waals surface area contributed by atoms with Gasteiger partial charge < -0.3 is 0 Å². The van der Waals surface area contributed by atoms with Gasteiger partial charge in [0.05, 0.1) is 11.4 Å². The van der Waals surface area contributed by atoms with Gasteiger partial charge in [-0.3, -0.25) is 4.68 Å². The van der Waals surface area contributed by atoms with Gasteiger partial charge in [0.25, 0.3) is 0 Å². The molecule has 0 aliphatic carbocycles. The van der Waals surface area contributed by atoms with E-state index in [1.807, 2.05) is 0 Å². The first kappa shape index (κ1) is 19.5. The van der Waals surface area contributed by atoms with Crippen LogP contribution in [0.4, 0.5) is 0 Å². The summed E-state index contributed by atoms with van der Waals surface area (Å²) in [5.74, 6) is 0. The summed E-state index contributed by atoms with van der Waals surface area (Å²) in [5, 5.41) is 5.89. The number of nitrogens with zero attached hydrogens (tertiary/aromatic N) is 3. The van der Waals surface area contributed by atoms with Crippen LogP contribution < -0.4 is 4.72 Å². The molecule has 3 heterocycles. The highest BCUT2D eigenvalue weighted by Gasteiger charge is 2.34. The van der Waals surface area contributed by atoms with Gasteiger partial charge in [-0.25, -0.2) is 21.6 Å². The summed E-state index contributed by atoms with van der Waals surface area (Å²) in [6.07, 6.45) is 0.865. The lowest BCUT2D eigenvalue weighted by Crippen LogP contribution is -2.46. The SMILES string of the molecule is Cc1nn(C)c(C)c1S(=O)(=O)N1CCC(NS(=O)(=O)c2cccs2)CC1. The van der Waals surface area contributed by atoms with Crippen LogP contribution in [0.3, 0.4) is 0 Å². The highest BCUT2D eigenvalue weighted by atomic mass is 32.2. The fourth-order valence-corrected chi connectivity index (χ4v) is 7.35. The van der Waals surface area contributed by atoms with Gasteiger partial charge in [-0.1, -0.05) is 6.07 Å². The number of nitrogens with one attached hydrogen (secondary N) is 1. The van der Waals surface area contributed by atoms with Crippen molar-refractivity contribution >= 4 is 31.4 Å². The molecule has 0 saturated carbocycles. The predicted molar refractivity (Wildman–Crippen MR) is 99.1 cm³/mol. The van der Waals surface area contributed by atoms with Crippen LogP contribution in [0.5, 0.6) is 0 Å². The van der Waals surface area contributed by atoms with Crippen molar-refractivity contribution < 1.29 is 16.8 Å². The average molecular weight is 419 g/mol. The van der Waals surface area contributed by atoms with Crippen molar-refractivity contribution in [2.24, 2.45) is 7.05 Å². The maximum Gasteiger partial charge on any atom is 0.250 e. The molecule has 0 amide bonds. The maximum atomic E-state index is 13.0. The zero-order valence-electron chi connectivity index (χ0n) is 14.8. The molecule has 11 heteroatoms. The Labute approximate surface area is 157 Å². The number of rotatable bonds is 5. The van der Waals surface area contributed by atoms with Crippen LogP contribution in [0.2, 0.25) is 0 Å². The Morgan fingerprint density at radius 3 is 2.35 bits per heavy atom. The van der Waals surface area contributed by atoms with E-state index in [1.54, 1.807) is 43.1 Å². The molecule has 0 spiro atoms. The van der Waals surface area contributed by atoms with Gasteiger partial charge in [-0.15, -0.1) is 11.3 Å². The molecule has 3 rings (SSSR count). The van der Waals surface area contributed by atoms with Gasteiger partial charge >= 0.3 is 0 Å². The van der Waals surface area contributed by atoms with E-state index >= 15 is 0 Å². The molecule has 0 bridgehead atoms. The fraction of sp³-hybridized carbons (Fsp3) is 0.533. The second-order valence-electron chi connectivity index (χ2n) is 6.36. The zero-order chi connectivity index (χ0) is 19.1. The molecule has 26 heavy (non-hydrogen) atoms. The van der Waals surface area contributed by atoms with Gasteiger partial charge in [0.15, 0.2) is 0 Å². The van der Waals surface area contributed by atoms with E-state index in [-0.39, 0.29) is 28.2 Å². The molecule has 144 valence electrons. The molecule has 1 aliphatic heterocycles. The van der Waals surface area contributed by atoms with Gasteiger partial charge in [0, 0.05) is 26.2 Å². The number of hydrogen-bond acceptors (Lipinski definition) is 6. The fourth-order valence-electron chi connectivity index (χ4n) is 3.16. The minimum absolute atomic E-state index is 0.248. The zero-order valence-corrected chi connectivity index (χ0v) is 17.3. The summed E-state index contributed by atoms with van der Waals surface area (Å²) < 4.78 is 56.5. The molecule has 0 atom stereocenters. The van der Waals surface area contributed by atoms with Gasteiger partial charge in [0.1, 0.15) is 9.10 Å². The minimum Gasteiger partial charge on any atom is -0.271 e. The summed E-state index contributed by atoms with van der Waals surface area (Å²) in [4.78, 5) is 0.248. The third-order valence-electron chi connectivity index (χ3n) is 4.58. The molecule has 1 N–H and O–H groups in total. The number of piperidine rings is 1. The van der Waals surface area contributed by atoms with E-state index in [4.69, 9.17) is 0 Å². The number of hydrogen-bond donors (Lipinski definition) is 1. The van der Waals surface area contributed by atoms with E-state index in [9.17, 15) is 16.8 Å². The molecule has 0 aromatic carbocycles. The van der Waals surface area contributed by atoms with Crippen molar-refractivity contribution in [1.82, 2.24) is 18.8 Å². The third-order valence-corrected chi connectivity index (χ3v) is 9.65. The Hall–Kier alpha value is -1.27. The molecule has 1 fully saturated rings. The minimum atomic E-state index is -3.64. The first-order valence-corrected chi connectivity index (χ1v) is 12.0. The van der Waals surface area contributed by atoms with Crippen molar-refractivity contribution in [2.45, 2.75) is 41.8 Å². The van der Waals surface area contributed by atoms with Crippen LogP contribution in [-0.4, -0.2) is 50.1 Å². The van der Waals surface area contributed by atoms with E-state index in [1.165, 1.54) is 4.31 Å². The third kappa shape index (κ3) is 3.58. The molecule has 8 nitrogen and oxygen atoms in total. The van der Waals surface area contributed by atoms with Crippen LogP contribution in [0.25, 0.3) is 0 Å². The second kappa shape index (κ2) is 7.04. The summed E-state index contributed by atoms with van der Waals surface area (Å²) in [7, 11) is -5.47. The molecule has 2 aromatic rings. The van der Waals surface area contributed by atoms with Crippen LogP contribution in [0.15, 0.2) is 26.6 Å². The Bertz CT molecular complexity index is 986. The van der Waals surface area contributed by atoms with E-state index in [0.29, 0.717) is 24.2 Å². The van der Waals surface area contributed by atoms with Gasteiger partial charge in [-0.2, -0.15) is 9.40 Å². The van der Waals surface area contributed by atoms with Crippen LogP contribution in [-0.2, 0) is 27.1 Å². The largest absolute Gasteiger partial charge is 0.271 e. The topological polar surface area (TPSA) is 101 Å². The van der Waals surface area contributed by atoms with Crippen LogP contribution >= 0.6 is 11.3 Å². The van der Waals surface area contributed by atoms with E-state index in [0.717, 1.165) is 11.3 Å². The molecule has 1 aliphatic rings. The van der Waals surface area contributed by atoms with Crippen LogP contribution in [0.1, 0.15) is 24.2 Å². The average Bonchev–Trinajstić information content (AvgIpc) is 3.17. The number of thiophene rings is 1. The molecule has 0 radical (unpaired) electrons. The smallest absolute Gasteiger partial charge is 0.250 e. The highest BCUT2D eigenvalue weighted by Crippen LogP contribution is 2.26. The standard InChI is InChI=1S/C15H22N4O4S3/c1-11-15(12(2)18(3)16-11)26(22,23)19-8-6-13(7-9-19)17-25(20,21)14-5-4-10-24-14/h4-5,10,13,17H,6-9H2,1-3H3. The first-order valence-electron chi connectivity index (χ1n) is 8.19. The van der Waals surface area contributed by atoms with E-state index in [2.05, 4.69) is 9.82 Å². The summed E-state index contributed by atoms with van der Waals surface area (Å²) in [5.41, 5.74) is 1.08. The van der Waals surface area contributed by atoms with Gasteiger partial charge in [-0.05, 0) is 38.1 Å². The van der Waals surface area contributed by atoms with Gasteiger partial charge in [0.2, 0.25) is 20.0 Å². The summed E-state index contributed by atoms with van der Waals surface area (Å²) >= 11 is 1.16. The summed E-state index contributed by atoms with van der Waals surface area (Å²) in [6, 6.07) is 2.97. The first-order chi connectivity index (χ1) is 12.1. The quantitative estimate of drug-likeness (QED) is 0.787. The Morgan fingerprint density at radius 1 is 1.19 bits per heavy atom. The lowest BCUT2D eigenvalue weighted by atomic mass is 10.1. The van der Waals surface area contributed by atoms with Crippen molar-refractivity contribution in [2.75, 3.05) is 13.1 Å². The summed E-state index contributed by atoms with van der Waals surface area (Å²) in [6.45, 7) is 3.96.